The van der Waals surface area contributed by atoms with Gasteiger partial charge in [0.15, 0.2) is 0 Å². The van der Waals surface area contributed by atoms with E-state index in [-0.39, 0.29) is 0 Å². The molecule has 1 heteroatoms. The molecule has 0 amide bonds. The van der Waals surface area contributed by atoms with E-state index in [0.717, 1.165) is 11.5 Å². The molecule has 0 radical (unpaired) electrons. The van der Waals surface area contributed by atoms with E-state index in [4.69, 9.17) is 0 Å². The van der Waals surface area contributed by atoms with Gasteiger partial charge in [-0.3, -0.25) is 0 Å². The SMILES string of the molecule is CC(NC1CCC12CCC2)C(C)(C)C. The van der Waals surface area contributed by atoms with E-state index in [1.165, 1.54) is 32.1 Å². The summed E-state index contributed by atoms with van der Waals surface area (Å²) in [6, 6.07) is 1.48. The Bertz CT molecular complexity index is 204. The van der Waals surface area contributed by atoms with Crippen molar-refractivity contribution < 1.29 is 0 Å². The summed E-state index contributed by atoms with van der Waals surface area (Å²) in [5, 5.41) is 3.85. The summed E-state index contributed by atoms with van der Waals surface area (Å²) in [4.78, 5) is 0. The molecule has 2 fully saturated rings. The molecule has 0 aromatic heterocycles. The zero-order chi connectivity index (χ0) is 10.4. The summed E-state index contributed by atoms with van der Waals surface area (Å²) in [6.45, 7) is 9.33. The van der Waals surface area contributed by atoms with Crippen LogP contribution in [-0.4, -0.2) is 12.1 Å². The molecule has 2 unspecified atom stereocenters. The second-order valence-corrected chi connectivity index (χ2v) is 6.56. The standard InChI is InChI=1S/C13H25N/c1-10(12(2,3)4)14-11-6-9-13(11)7-5-8-13/h10-11,14H,5-9H2,1-4H3. The molecule has 2 aliphatic carbocycles. The maximum atomic E-state index is 3.85. The van der Waals surface area contributed by atoms with Gasteiger partial charge in [0.1, 0.15) is 0 Å². The van der Waals surface area contributed by atoms with Crippen LogP contribution in [-0.2, 0) is 0 Å². The van der Waals surface area contributed by atoms with Crippen molar-refractivity contribution in [3.8, 4) is 0 Å². The Morgan fingerprint density at radius 1 is 1.21 bits per heavy atom. The lowest BCUT2D eigenvalue weighted by Gasteiger charge is -2.57. The predicted octanol–water partition coefficient (Wildman–Crippen LogP) is 3.34. The Balaban J connectivity index is 1.86. The fraction of sp³-hybridized carbons (Fsp3) is 1.00. The van der Waals surface area contributed by atoms with Gasteiger partial charge in [-0.2, -0.15) is 0 Å². The molecule has 2 rings (SSSR count). The molecule has 1 N–H and O–H groups in total. The second kappa shape index (κ2) is 3.23. The van der Waals surface area contributed by atoms with E-state index in [1.807, 2.05) is 0 Å². The minimum Gasteiger partial charge on any atom is -0.310 e. The molecular formula is C13H25N. The lowest BCUT2D eigenvalue weighted by atomic mass is 9.53. The largest absolute Gasteiger partial charge is 0.310 e. The van der Waals surface area contributed by atoms with E-state index < -0.39 is 0 Å². The van der Waals surface area contributed by atoms with Gasteiger partial charge in [-0.25, -0.2) is 0 Å². The normalized spacial score (nSPS) is 32.1. The average Bonchev–Trinajstić information content (AvgIpc) is 1.92. The summed E-state index contributed by atoms with van der Waals surface area (Å²) in [7, 11) is 0. The zero-order valence-corrected chi connectivity index (χ0v) is 10.2. The fourth-order valence-electron chi connectivity index (χ4n) is 2.74. The molecule has 82 valence electrons. The highest BCUT2D eigenvalue weighted by Gasteiger charge is 2.50. The molecule has 2 saturated carbocycles. The first-order valence-electron chi connectivity index (χ1n) is 6.20. The molecular weight excluding hydrogens is 170 g/mol. The molecule has 0 aliphatic heterocycles. The Morgan fingerprint density at radius 2 is 1.86 bits per heavy atom. The second-order valence-electron chi connectivity index (χ2n) is 6.56. The van der Waals surface area contributed by atoms with Crippen LogP contribution in [0.15, 0.2) is 0 Å². The Morgan fingerprint density at radius 3 is 2.14 bits per heavy atom. The molecule has 0 heterocycles. The van der Waals surface area contributed by atoms with Gasteiger partial charge in [0.2, 0.25) is 0 Å². The summed E-state index contributed by atoms with van der Waals surface area (Å²) in [6.07, 6.45) is 7.35. The summed E-state index contributed by atoms with van der Waals surface area (Å²) in [5.74, 6) is 0. The van der Waals surface area contributed by atoms with Crippen molar-refractivity contribution in [1.82, 2.24) is 5.32 Å². The monoisotopic (exact) mass is 195 g/mol. The van der Waals surface area contributed by atoms with E-state index >= 15 is 0 Å². The van der Waals surface area contributed by atoms with Gasteiger partial charge in [-0.15, -0.1) is 0 Å². The van der Waals surface area contributed by atoms with Crippen LogP contribution in [0.4, 0.5) is 0 Å². The quantitative estimate of drug-likeness (QED) is 0.712. The minimum atomic E-state index is 0.403. The van der Waals surface area contributed by atoms with Gasteiger partial charge in [0, 0.05) is 12.1 Å². The van der Waals surface area contributed by atoms with E-state index in [2.05, 4.69) is 33.0 Å². The molecule has 0 aromatic carbocycles. The molecule has 0 bridgehead atoms. The van der Waals surface area contributed by atoms with Gasteiger partial charge in [0.25, 0.3) is 0 Å². The molecule has 2 atom stereocenters. The lowest BCUT2D eigenvalue weighted by molar-refractivity contribution is -0.0281. The highest BCUT2D eigenvalue weighted by molar-refractivity contribution is 5.06. The van der Waals surface area contributed by atoms with Crippen LogP contribution >= 0.6 is 0 Å². The third kappa shape index (κ3) is 1.60. The van der Waals surface area contributed by atoms with Crippen molar-refractivity contribution in [2.24, 2.45) is 10.8 Å². The maximum absolute atomic E-state index is 3.85. The van der Waals surface area contributed by atoms with Crippen molar-refractivity contribution in [2.45, 2.75) is 71.9 Å². The predicted molar refractivity (Wildman–Crippen MR) is 61.4 cm³/mol. The van der Waals surface area contributed by atoms with Crippen LogP contribution < -0.4 is 5.32 Å². The third-order valence-corrected chi connectivity index (χ3v) is 4.77. The third-order valence-electron chi connectivity index (χ3n) is 4.77. The first kappa shape index (κ1) is 10.5. The highest BCUT2D eigenvalue weighted by Crippen LogP contribution is 2.56. The summed E-state index contributed by atoms with van der Waals surface area (Å²) < 4.78 is 0. The van der Waals surface area contributed by atoms with Gasteiger partial charge < -0.3 is 5.32 Å². The number of rotatable bonds is 2. The van der Waals surface area contributed by atoms with Crippen molar-refractivity contribution in [2.75, 3.05) is 0 Å². The van der Waals surface area contributed by atoms with Crippen molar-refractivity contribution >= 4 is 0 Å². The number of hydrogen-bond acceptors (Lipinski definition) is 1. The smallest absolute Gasteiger partial charge is 0.0126 e. The van der Waals surface area contributed by atoms with Crippen molar-refractivity contribution in [3.63, 3.8) is 0 Å². The summed E-state index contributed by atoms with van der Waals surface area (Å²) >= 11 is 0. The van der Waals surface area contributed by atoms with Crippen LogP contribution in [0.2, 0.25) is 0 Å². The number of hydrogen-bond donors (Lipinski definition) is 1. The van der Waals surface area contributed by atoms with Crippen LogP contribution in [0.5, 0.6) is 0 Å². The fourth-order valence-corrected chi connectivity index (χ4v) is 2.74. The molecule has 2 aliphatic rings. The van der Waals surface area contributed by atoms with Gasteiger partial charge in [-0.1, -0.05) is 27.2 Å². The topological polar surface area (TPSA) is 12.0 Å². The highest BCUT2D eigenvalue weighted by atomic mass is 15.0. The van der Waals surface area contributed by atoms with Crippen LogP contribution in [0.25, 0.3) is 0 Å². The Hall–Kier alpha value is -0.0400. The summed E-state index contributed by atoms with van der Waals surface area (Å²) in [5.41, 5.74) is 1.15. The Labute approximate surface area is 88.7 Å². The maximum Gasteiger partial charge on any atom is 0.0126 e. The van der Waals surface area contributed by atoms with Crippen LogP contribution in [0.1, 0.15) is 59.8 Å². The molecule has 1 spiro atoms. The van der Waals surface area contributed by atoms with Crippen molar-refractivity contribution in [1.29, 1.82) is 0 Å². The average molecular weight is 195 g/mol. The van der Waals surface area contributed by atoms with E-state index in [9.17, 15) is 0 Å². The van der Waals surface area contributed by atoms with Crippen LogP contribution in [0, 0.1) is 10.8 Å². The molecule has 14 heavy (non-hydrogen) atoms. The molecule has 1 nitrogen and oxygen atoms in total. The minimum absolute atomic E-state index is 0.403. The first-order chi connectivity index (χ1) is 6.44. The van der Waals surface area contributed by atoms with Crippen molar-refractivity contribution in [3.05, 3.63) is 0 Å². The van der Waals surface area contributed by atoms with E-state index in [0.29, 0.717) is 11.5 Å². The van der Waals surface area contributed by atoms with Crippen LogP contribution in [0.3, 0.4) is 0 Å². The zero-order valence-electron chi connectivity index (χ0n) is 10.2. The molecule has 0 aromatic rings. The molecule has 0 saturated heterocycles. The van der Waals surface area contributed by atoms with Gasteiger partial charge >= 0.3 is 0 Å². The van der Waals surface area contributed by atoms with Gasteiger partial charge in [-0.05, 0) is 43.4 Å². The van der Waals surface area contributed by atoms with E-state index in [1.54, 1.807) is 0 Å². The number of nitrogens with one attached hydrogen (secondary N) is 1. The van der Waals surface area contributed by atoms with Gasteiger partial charge in [0.05, 0.1) is 0 Å². The lowest BCUT2D eigenvalue weighted by Crippen LogP contribution is -2.60. The Kier molecular flexibility index (Phi) is 2.42. The first-order valence-corrected chi connectivity index (χ1v) is 6.20.